The summed E-state index contributed by atoms with van der Waals surface area (Å²) in [5.74, 6) is 0.772. The molecule has 1 aliphatic rings. The van der Waals surface area contributed by atoms with Crippen LogP contribution in [0.3, 0.4) is 0 Å². The predicted octanol–water partition coefficient (Wildman–Crippen LogP) is 2.89. The Bertz CT molecular complexity index is 160. The molecular formula is C12H24ClNO. The fourth-order valence-electron chi connectivity index (χ4n) is 1.90. The van der Waals surface area contributed by atoms with Crippen molar-refractivity contribution in [2.75, 3.05) is 25.6 Å². The Labute approximate surface area is 98.9 Å². The van der Waals surface area contributed by atoms with Crippen LogP contribution in [0, 0.1) is 0 Å². The van der Waals surface area contributed by atoms with E-state index in [0.717, 1.165) is 38.0 Å². The van der Waals surface area contributed by atoms with Crippen LogP contribution in [0.15, 0.2) is 0 Å². The summed E-state index contributed by atoms with van der Waals surface area (Å²) < 4.78 is 5.60. The van der Waals surface area contributed by atoms with E-state index in [9.17, 15) is 0 Å². The van der Waals surface area contributed by atoms with Gasteiger partial charge in [-0.2, -0.15) is 0 Å². The van der Waals surface area contributed by atoms with Gasteiger partial charge in [0.05, 0.1) is 12.7 Å². The molecule has 0 aromatic heterocycles. The first-order chi connectivity index (χ1) is 7.24. The van der Waals surface area contributed by atoms with E-state index in [1.165, 1.54) is 19.3 Å². The van der Waals surface area contributed by atoms with Crippen LogP contribution >= 0.6 is 11.6 Å². The monoisotopic (exact) mass is 233 g/mol. The lowest BCUT2D eigenvalue weighted by atomic mass is 9.91. The van der Waals surface area contributed by atoms with Crippen molar-refractivity contribution in [1.82, 2.24) is 4.90 Å². The molecule has 0 unspecified atom stereocenters. The second kappa shape index (κ2) is 7.48. The van der Waals surface area contributed by atoms with Gasteiger partial charge in [0, 0.05) is 18.5 Å². The summed E-state index contributed by atoms with van der Waals surface area (Å²) in [4.78, 5) is 2.55. The van der Waals surface area contributed by atoms with Gasteiger partial charge in [-0.05, 0) is 39.7 Å². The van der Waals surface area contributed by atoms with Gasteiger partial charge in [-0.15, -0.1) is 11.6 Å². The number of hydrogen-bond donors (Lipinski definition) is 0. The molecule has 0 bridgehead atoms. The minimum absolute atomic E-state index is 0.348. The summed E-state index contributed by atoms with van der Waals surface area (Å²) in [5, 5.41) is 0. The van der Waals surface area contributed by atoms with E-state index in [-0.39, 0.29) is 0 Å². The van der Waals surface area contributed by atoms with Crippen LogP contribution < -0.4 is 0 Å². The van der Waals surface area contributed by atoms with E-state index in [4.69, 9.17) is 16.3 Å². The van der Waals surface area contributed by atoms with Crippen molar-refractivity contribution in [3.05, 3.63) is 0 Å². The largest absolute Gasteiger partial charge is 0.377 e. The molecule has 1 saturated carbocycles. The first-order valence-electron chi connectivity index (χ1n) is 6.15. The number of halogens is 1. The SMILES string of the molecule is CC(C)OCCN(CCCCl)C1CCC1. The third kappa shape index (κ3) is 5.19. The van der Waals surface area contributed by atoms with Crippen molar-refractivity contribution in [2.24, 2.45) is 0 Å². The van der Waals surface area contributed by atoms with Crippen LogP contribution in [0.1, 0.15) is 39.5 Å². The van der Waals surface area contributed by atoms with Crippen molar-refractivity contribution in [2.45, 2.75) is 51.7 Å². The molecule has 0 aliphatic heterocycles. The van der Waals surface area contributed by atoms with Crippen molar-refractivity contribution in [3.8, 4) is 0 Å². The van der Waals surface area contributed by atoms with Crippen LogP contribution in [0.25, 0.3) is 0 Å². The molecule has 15 heavy (non-hydrogen) atoms. The first kappa shape index (κ1) is 13.3. The van der Waals surface area contributed by atoms with Gasteiger partial charge in [-0.3, -0.25) is 4.90 Å². The lowest BCUT2D eigenvalue weighted by Crippen LogP contribution is -2.42. The molecule has 0 amide bonds. The minimum Gasteiger partial charge on any atom is -0.377 e. The number of alkyl halides is 1. The van der Waals surface area contributed by atoms with E-state index in [1.807, 2.05) is 0 Å². The zero-order valence-corrected chi connectivity index (χ0v) is 10.8. The topological polar surface area (TPSA) is 12.5 Å². The Hall–Kier alpha value is 0.210. The number of rotatable bonds is 8. The Morgan fingerprint density at radius 1 is 1.33 bits per heavy atom. The first-order valence-corrected chi connectivity index (χ1v) is 6.69. The molecule has 2 nitrogen and oxygen atoms in total. The molecule has 0 atom stereocenters. The number of hydrogen-bond acceptors (Lipinski definition) is 2. The molecule has 1 fully saturated rings. The average Bonchev–Trinajstić information content (AvgIpc) is 2.10. The third-order valence-corrected chi connectivity index (χ3v) is 3.27. The van der Waals surface area contributed by atoms with Crippen LogP contribution in [-0.2, 0) is 4.74 Å². The Balaban J connectivity index is 2.16. The van der Waals surface area contributed by atoms with Crippen LogP contribution in [-0.4, -0.2) is 42.6 Å². The van der Waals surface area contributed by atoms with Gasteiger partial charge in [0.2, 0.25) is 0 Å². The highest BCUT2D eigenvalue weighted by Gasteiger charge is 2.23. The minimum atomic E-state index is 0.348. The maximum Gasteiger partial charge on any atom is 0.0597 e. The van der Waals surface area contributed by atoms with Gasteiger partial charge in [-0.25, -0.2) is 0 Å². The second-order valence-electron chi connectivity index (χ2n) is 4.58. The van der Waals surface area contributed by atoms with Crippen LogP contribution in [0.5, 0.6) is 0 Å². The standard InChI is InChI=1S/C12H24ClNO/c1-11(2)15-10-9-14(8-4-7-13)12-5-3-6-12/h11-12H,3-10H2,1-2H3. The van der Waals surface area contributed by atoms with Crippen LogP contribution in [0.4, 0.5) is 0 Å². The Morgan fingerprint density at radius 3 is 2.53 bits per heavy atom. The molecule has 0 aromatic carbocycles. The zero-order chi connectivity index (χ0) is 11.1. The molecule has 1 aliphatic carbocycles. The van der Waals surface area contributed by atoms with Crippen LogP contribution in [0.2, 0.25) is 0 Å². The normalized spacial score (nSPS) is 17.4. The Morgan fingerprint density at radius 2 is 2.07 bits per heavy atom. The quantitative estimate of drug-likeness (QED) is 0.598. The summed E-state index contributed by atoms with van der Waals surface area (Å²) in [6, 6.07) is 0.809. The van der Waals surface area contributed by atoms with Gasteiger partial charge in [0.15, 0.2) is 0 Å². The highest BCUT2D eigenvalue weighted by Crippen LogP contribution is 2.24. The van der Waals surface area contributed by atoms with E-state index in [1.54, 1.807) is 0 Å². The average molecular weight is 234 g/mol. The lowest BCUT2D eigenvalue weighted by Gasteiger charge is -2.37. The van der Waals surface area contributed by atoms with Crippen molar-refractivity contribution in [1.29, 1.82) is 0 Å². The van der Waals surface area contributed by atoms with Gasteiger partial charge in [0.25, 0.3) is 0 Å². The van der Waals surface area contributed by atoms with Crippen molar-refractivity contribution >= 4 is 11.6 Å². The summed E-state index contributed by atoms with van der Waals surface area (Å²) >= 11 is 5.74. The summed E-state index contributed by atoms with van der Waals surface area (Å²) in [7, 11) is 0. The summed E-state index contributed by atoms with van der Waals surface area (Å²) in [6.45, 7) is 7.24. The number of ether oxygens (including phenoxy) is 1. The van der Waals surface area contributed by atoms with Crippen molar-refractivity contribution in [3.63, 3.8) is 0 Å². The lowest BCUT2D eigenvalue weighted by molar-refractivity contribution is 0.0359. The Kier molecular flexibility index (Phi) is 6.62. The summed E-state index contributed by atoms with van der Waals surface area (Å²) in [6.07, 6.45) is 5.57. The molecule has 0 N–H and O–H groups in total. The second-order valence-corrected chi connectivity index (χ2v) is 4.96. The molecule has 0 spiro atoms. The maximum atomic E-state index is 5.74. The highest BCUT2D eigenvalue weighted by molar-refractivity contribution is 6.17. The van der Waals surface area contributed by atoms with Gasteiger partial charge in [0.1, 0.15) is 0 Å². The summed E-state index contributed by atoms with van der Waals surface area (Å²) in [5.41, 5.74) is 0. The molecule has 1 rings (SSSR count). The zero-order valence-electron chi connectivity index (χ0n) is 10.0. The highest BCUT2D eigenvalue weighted by atomic mass is 35.5. The molecule has 0 radical (unpaired) electrons. The van der Waals surface area contributed by atoms with E-state index >= 15 is 0 Å². The molecule has 90 valence electrons. The van der Waals surface area contributed by atoms with Crippen molar-refractivity contribution < 1.29 is 4.74 Å². The smallest absolute Gasteiger partial charge is 0.0597 e. The van der Waals surface area contributed by atoms with E-state index < -0.39 is 0 Å². The maximum absolute atomic E-state index is 5.74. The van der Waals surface area contributed by atoms with Gasteiger partial charge in [-0.1, -0.05) is 6.42 Å². The molecule has 0 aromatic rings. The van der Waals surface area contributed by atoms with E-state index in [0.29, 0.717) is 6.10 Å². The predicted molar refractivity (Wildman–Crippen MR) is 65.6 cm³/mol. The number of nitrogens with zero attached hydrogens (tertiary/aromatic N) is 1. The van der Waals surface area contributed by atoms with Gasteiger partial charge < -0.3 is 4.74 Å². The molecule has 0 heterocycles. The fourth-order valence-corrected chi connectivity index (χ4v) is 2.02. The van der Waals surface area contributed by atoms with Gasteiger partial charge >= 0.3 is 0 Å². The third-order valence-electron chi connectivity index (χ3n) is 3.00. The molecule has 3 heteroatoms. The molecular weight excluding hydrogens is 210 g/mol. The molecule has 0 saturated heterocycles. The fraction of sp³-hybridized carbons (Fsp3) is 1.00. The van der Waals surface area contributed by atoms with E-state index in [2.05, 4.69) is 18.7 Å².